The van der Waals surface area contributed by atoms with Gasteiger partial charge in [0, 0.05) is 34.6 Å². The van der Waals surface area contributed by atoms with Crippen molar-refractivity contribution >= 4 is 50.7 Å². The summed E-state index contributed by atoms with van der Waals surface area (Å²) < 4.78 is 26.7. The van der Waals surface area contributed by atoms with Crippen molar-refractivity contribution < 1.29 is 18.0 Å². The number of hydrogen-bond donors (Lipinski definition) is 1. The standard InChI is InChI=1S/C29H33Cl2N3O4S/c1-20(2)32-29(36)27(17-22-9-6-5-7-10-22)33(18-24-25(30)11-8-12-26(24)31)28(35)19-34(39(4,37)38)23-15-13-21(3)14-16-23/h5-16,20,27H,17-19H2,1-4H3,(H,32,36)/t27-/m0/s1. The Hall–Kier alpha value is -3.07. The normalized spacial score (nSPS) is 12.2. The predicted octanol–water partition coefficient (Wildman–Crippen LogP) is 5.23. The second-order valence-corrected chi connectivity index (χ2v) is 12.4. The summed E-state index contributed by atoms with van der Waals surface area (Å²) in [5.74, 6) is -0.941. The third-order valence-corrected chi connectivity index (χ3v) is 7.94. The molecule has 3 rings (SSSR count). The predicted molar refractivity (Wildman–Crippen MR) is 158 cm³/mol. The fourth-order valence-electron chi connectivity index (χ4n) is 4.11. The van der Waals surface area contributed by atoms with Crippen LogP contribution in [0.1, 0.15) is 30.5 Å². The molecule has 10 heteroatoms. The lowest BCUT2D eigenvalue weighted by Gasteiger charge is -2.34. The largest absolute Gasteiger partial charge is 0.352 e. The summed E-state index contributed by atoms with van der Waals surface area (Å²) in [5.41, 5.74) is 2.59. The highest BCUT2D eigenvalue weighted by molar-refractivity contribution is 7.92. The number of benzene rings is 3. The molecule has 0 spiro atoms. The molecule has 0 aliphatic heterocycles. The first-order valence-electron chi connectivity index (χ1n) is 12.5. The van der Waals surface area contributed by atoms with Gasteiger partial charge in [-0.25, -0.2) is 8.42 Å². The van der Waals surface area contributed by atoms with Crippen molar-refractivity contribution in [2.75, 3.05) is 17.1 Å². The first kappa shape index (κ1) is 30.5. The molecule has 0 aliphatic rings. The lowest BCUT2D eigenvalue weighted by atomic mass is 10.0. The summed E-state index contributed by atoms with van der Waals surface area (Å²) >= 11 is 12.9. The number of anilines is 1. The Labute approximate surface area is 240 Å². The number of halogens is 2. The SMILES string of the molecule is Cc1ccc(N(CC(=O)N(Cc2c(Cl)cccc2Cl)[C@@H](Cc2ccccc2)C(=O)NC(C)C)S(C)(=O)=O)cc1. The van der Waals surface area contributed by atoms with Gasteiger partial charge in [-0.3, -0.25) is 13.9 Å². The number of rotatable bonds is 11. The lowest BCUT2D eigenvalue weighted by Crippen LogP contribution is -2.54. The van der Waals surface area contributed by atoms with Gasteiger partial charge in [0.05, 0.1) is 11.9 Å². The van der Waals surface area contributed by atoms with Gasteiger partial charge in [0.25, 0.3) is 0 Å². The number of carbonyl (C=O) groups is 2. The fraction of sp³-hybridized carbons (Fsp3) is 0.310. The Morgan fingerprint density at radius 2 is 1.49 bits per heavy atom. The van der Waals surface area contributed by atoms with E-state index in [0.717, 1.165) is 21.7 Å². The molecule has 0 fully saturated rings. The van der Waals surface area contributed by atoms with Gasteiger partial charge < -0.3 is 10.2 Å². The van der Waals surface area contributed by atoms with Crippen LogP contribution < -0.4 is 9.62 Å². The van der Waals surface area contributed by atoms with Gasteiger partial charge in [0.2, 0.25) is 21.8 Å². The minimum Gasteiger partial charge on any atom is -0.352 e. The maximum atomic E-state index is 14.0. The Kier molecular flexibility index (Phi) is 10.4. The first-order valence-corrected chi connectivity index (χ1v) is 15.1. The molecule has 0 aliphatic carbocycles. The molecule has 208 valence electrons. The summed E-state index contributed by atoms with van der Waals surface area (Å²) in [6.45, 7) is 4.95. The molecule has 0 bridgehead atoms. The van der Waals surface area contributed by atoms with Gasteiger partial charge in [-0.2, -0.15) is 0 Å². The number of aryl methyl sites for hydroxylation is 1. The van der Waals surface area contributed by atoms with Crippen molar-refractivity contribution in [1.82, 2.24) is 10.2 Å². The average molecular weight is 591 g/mol. The monoisotopic (exact) mass is 589 g/mol. The lowest BCUT2D eigenvalue weighted by molar-refractivity contribution is -0.140. The number of carbonyl (C=O) groups excluding carboxylic acids is 2. The van der Waals surface area contributed by atoms with Crippen molar-refractivity contribution in [2.45, 2.75) is 45.8 Å². The van der Waals surface area contributed by atoms with Crippen LogP contribution >= 0.6 is 23.2 Å². The minimum absolute atomic E-state index is 0.0914. The Morgan fingerprint density at radius 1 is 0.897 bits per heavy atom. The molecule has 0 saturated heterocycles. The topological polar surface area (TPSA) is 86.8 Å². The van der Waals surface area contributed by atoms with E-state index in [4.69, 9.17) is 23.2 Å². The highest BCUT2D eigenvalue weighted by Crippen LogP contribution is 2.28. The van der Waals surface area contributed by atoms with Crippen molar-refractivity contribution in [3.63, 3.8) is 0 Å². The maximum absolute atomic E-state index is 14.0. The van der Waals surface area contributed by atoms with Gasteiger partial charge in [-0.05, 0) is 50.6 Å². The van der Waals surface area contributed by atoms with Crippen LogP contribution in [0.5, 0.6) is 0 Å². The van der Waals surface area contributed by atoms with E-state index in [2.05, 4.69) is 5.32 Å². The van der Waals surface area contributed by atoms with Gasteiger partial charge in [-0.15, -0.1) is 0 Å². The van der Waals surface area contributed by atoms with Crippen LogP contribution in [0.25, 0.3) is 0 Å². The Morgan fingerprint density at radius 3 is 2.03 bits per heavy atom. The van der Waals surface area contributed by atoms with Crippen LogP contribution in [0, 0.1) is 6.92 Å². The van der Waals surface area contributed by atoms with E-state index in [0.29, 0.717) is 21.3 Å². The third kappa shape index (κ3) is 8.46. The van der Waals surface area contributed by atoms with Crippen molar-refractivity contribution in [3.05, 3.63) is 99.5 Å². The van der Waals surface area contributed by atoms with Crippen LogP contribution in [0.3, 0.4) is 0 Å². The van der Waals surface area contributed by atoms with E-state index in [1.807, 2.05) is 51.1 Å². The van der Waals surface area contributed by atoms with Crippen LogP contribution in [0.2, 0.25) is 10.0 Å². The average Bonchev–Trinajstić information content (AvgIpc) is 2.86. The van der Waals surface area contributed by atoms with Gasteiger partial charge in [0.15, 0.2) is 0 Å². The van der Waals surface area contributed by atoms with E-state index in [-0.39, 0.29) is 24.9 Å². The third-order valence-electron chi connectivity index (χ3n) is 6.09. The highest BCUT2D eigenvalue weighted by Gasteiger charge is 2.34. The molecule has 0 radical (unpaired) electrons. The summed E-state index contributed by atoms with van der Waals surface area (Å²) in [6.07, 6.45) is 1.25. The second-order valence-electron chi connectivity index (χ2n) is 9.70. The molecule has 3 aromatic carbocycles. The Bertz CT molecular complexity index is 1380. The number of amides is 2. The van der Waals surface area contributed by atoms with E-state index in [1.165, 1.54) is 4.90 Å². The molecular formula is C29H33Cl2N3O4S. The van der Waals surface area contributed by atoms with E-state index >= 15 is 0 Å². The number of nitrogens with one attached hydrogen (secondary N) is 1. The minimum atomic E-state index is -3.84. The van der Waals surface area contributed by atoms with Crippen molar-refractivity contribution in [1.29, 1.82) is 0 Å². The van der Waals surface area contributed by atoms with E-state index < -0.39 is 28.5 Å². The zero-order chi connectivity index (χ0) is 28.7. The molecule has 0 saturated carbocycles. The van der Waals surface area contributed by atoms with Crippen LogP contribution in [-0.2, 0) is 32.6 Å². The zero-order valence-electron chi connectivity index (χ0n) is 22.4. The van der Waals surface area contributed by atoms with E-state index in [9.17, 15) is 18.0 Å². The number of nitrogens with zero attached hydrogens (tertiary/aromatic N) is 2. The molecule has 1 atom stereocenters. The molecule has 7 nitrogen and oxygen atoms in total. The Balaban J connectivity index is 2.09. The van der Waals surface area contributed by atoms with Gasteiger partial charge in [-0.1, -0.05) is 77.3 Å². The van der Waals surface area contributed by atoms with Crippen molar-refractivity contribution in [3.8, 4) is 0 Å². The quantitative estimate of drug-likeness (QED) is 0.331. The van der Waals surface area contributed by atoms with Gasteiger partial charge >= 0.3 is 0 Å². The summed E-state index contributed by atoms with van der Waals surface area (Å²) in [4.78, 5) is 29.0. The number of hydrogen-bond acceptors (Lipinski definition) is 4. The summed E-state index contributed by atoms with van der Waals surface area (Å²) in [7, 11) is -3.84. The van der Waals surface area contributed by atoms with E-state index in [1.54, 1.807) is 42.5 Å². The molecule has 39 heavy (non-hydrogen) atoms. The molecule has 1 N–H and O–H groups in total. The molecule has 3 aromatic rings. The molecule has 0 aromatic heterocycles. The summed E-state index contributed by atoms with van der Waals surface area (Å²) in [5, 5.41) is 3.57. The smallest absolute Gasteiger partial charge is 0.244 e. The zero-order valence-corrected chi connectivity index (χ0v) is 24.7. The molecule has 2 amide bonds. The van der Waals surface area contributed by atoms with Crippen LogP contribution in [-0.4, -0.2) is 50.0 Å². The maximum Gasteiger partial charge on any atom is 0.244 e. The first-order chi connectivity index (χ1) is 18.4. The molecule has 0 heterocycles. The highest BCUT2D eigenvalue weighted by atomic mass is 35.5. The van der Waals surface area contributed by atoms with Crippen LogP contribution in [0.15, 0.2) is 72.8 Å². The van der Waals surface area contributed by atoms with Crippen molar-refractivity contribution in [2.24, 2.45) is 0 Å². The summed E-state index contributed by atoms with van der Waals surface area (Å²) in [6, 6.07) is 20.0. The second kappa shape index (κ2) is 13.3. The molecule has 0 unspecified atom stereocenters. The number of sulfonamides is 1. The van der Waals surface area contributed by atoms with Crippen LogP contribution in [0.4, 0.5) is 5.69 Å². The van der Waals surface area contributed by atoms with Gasteiger partial charge in [0.1, 0.15) is 12.6 Å². The fourth-order valence-corrected chi connectivity index (χ4v) is 5.48. The molecular weight excluding hydrogens is 557 g/mol.